The summed E-state index contributed by atoms with van der Waals surface area (Å²) in [6, 6.07) is 9.68. The van der Waals surface area contributed by atoms with E-state index in [0.717, 1.165) is 6.07 Å². The third-order valence-electron chi connectivity index (χ3n) is 3.06. The van der Waals surface area contributed by atoms with Gasteiger partial charge in [-0.05, 0) is 29.3 Å². The quantitative estimate of drug-likeness (QED) is 0.869. The lowest BCUT2D eigenvalue weighted by Crippen LogP contribution is -2.12. The van der Waals surface area contributed by atoms with Crippen molar-refractivity contribution in [3.63, 3.8) is 0 Å². The second kappa shape index (κ2) is 6.07. The Labute approximate surface area is 128 Å². The van der Waals surface area contributed by atoms with Crippen molar-refractivity contribution in [1.29, 1.82) is 0 Å². The summed E-state index contributed by atoms with van der Waals surface area (Å²) in [7, 11) is 1.48. The van der Waals surface area contributed by atoms with Gasteiger partial charge in [0.2, 0.25) is 0 Å². The molecule has 112 valence electrons. The Hall–Kier alpha value is -1.53. The van der Waals surface area contributed by atoms with E-state index >= 15 is 0 Å². The Morgan fingerprint density at radius 3 is 2.33 bits per heavy atom. The molecule has 21 heavy (non-hydrogen) atoms. The highest BCUT2D eigenvalue weighted by Crippen LogP contribution is 2.38. The van der Waals surface area contributed by atoms with Gasteiger partial charge < -0.3 is 9.84 Å². The summed E-state index contributed by atoms with van der Waals surface area (Å²) in [5.41, 5.74) is -0.691. The third kappa shape index (κ3) is 3.39. The predicted octanol–water partition coefficient (Wildman–Crippen LogP) is 4.56. The number of benzene rings is 2. The van der Waals surface area contributed by atoms with Gasteiger partial charge in [-0.2, -0.15) is 13.2 Å². The Morgan fingerprint density at radius 2 is 1.76 bits per heavy atom. The van der Waals surface area contributed by atoms with E-state index < -0.39 is 17.8 Å². The van der Waals surface area contributed by atoms with Gasteiger partial charge in [0, 0.05) is 4.47 Å². The van der Waals surface area contributed by atoms with Crippen molar-refractivity contribution in [2.45, 2.75) is 12.3 Å². The number of halogens is 4. The van der Waals surface area contributed by atoms with E-state index in [-0.39, 0.29) is 5.56 Å². The smallest absolute Gasteiger partial charge is 0.416 e. The molecule has 2 aromatic rings. The topological polar surface area (TPSA) is 29.5 Å². The van der Waals surface area contributed by atoms with Crippen molar-refractivity contribution in [3.8, 4) is 5.75 Å². The van der Waals surface area contributed by atoms with Crippen LogP contribution in [0.25, 0.3) is 0 Å². The molecule has 1 atom stereocenters. The number of hydrogen-bond acceptors (Lipinski definition) is 2. The molecule has 0 saturated heterocycles. The lowest BCUT2D eigenvalue weighted by Gasteiger charge is -2.19. The zero-order valence-electron chi connectivity index (χ0n) is 11.0. The Balaban J connectivity index is 2.48. The molecular weight excluding hydrogens is 349 g/mol. The fourth-order valence-corrected chi connectivity index (χ4v) is 2.59. The maximum Gasteiger partial charge on any atom is 0.416 e. The van der Waals surface area contributed by atoms with E-state index in [2.05, 4.69) is 15.9 Å². The van der Waals surface area contributed by atoms with Crippen molar-refractivity contribution in [2.75, 3.05) is 7.11 Å². The van der Waals surface area contributed by atoms with Crippen LogP contribution in [0.3, 0.4) is 0 Å². The van der Waals surface area contributed by atoms with Crippen molar-refractivity contribution < 1.29 is 23.0 Å². The van der Waals surface area contributed by atoms with E-state index in [1.165, 1.54) is 31.4 Å². The van der Waals surface area contributed by atoms with Crippen LogP contribution in [0.1, 0.15) is 22.8 Å². The van der Waals surface area contributed by atoms with Crippen molar-refractivity contribution in [1.82, 2.24) is 0 Å². The molecule has 2 nitrogen and oxygen atoms in total. The zero-order chi connectivity index (χ0) is 15.6. The first-order valence-corrected chi connectivity index (χ1v) is 6.81. The van der Waals surface area contributed by atoms with Crippen molar-refractivity contribution in [2.24, 2.45) is 0 Å². The van der Waals surface area contributed by atoms with Crippen LogP contribution < -0.4 is 4.74 Å². The van der Waals surface area contributed by atoms with Crippen LogP contribution in [0.2, 0.25) is 0 Å². The molecule has 0 bridgehead atoms. The second-order valence-electron chi connectivity index (χ2n) is 4.37. The summed E-state index contributed by atoms with van der Waals surface area (Å²) in [5, 5.41) is 10.3. The van der Waals surface area contributed by atoms with Gasteiger partial charge in [-0.15, -0.1) is 0 Å². The Kier molecular flexibility index (Phi) is 4.58. The van der Waals surface area contributed by atoms with E-state index in [1.54, 1.807) is 12.1 Å². The van der Waals surface area contributed by atoms with Gasteiger partial charge in [-0.25, -0.2) is 0 Å². The minimum absolute atomic E-state index is 0.184. The lowest BCUT2D eigenvalue weighted by atomic mass is 9.96. The number of hydrogen-bond donors (Lipinski definition) is 1. The van der Waals surface area contributed by atoms with Crippen LogP contribution in [-0.4, -0.2) is 12.2 Å². The molecule has 1 unspecified atom stereocenters. The lowest BCUT2D eigenvalue weighted by molar-refractivity contribution is -0.139. The third-order valence-corrected chi connectivity index (χ3v) is 3.75. The minimum atomic E-state index is -4.52. The molecular formula is C15H12BrF3O2. The van der Waals surface area contributed by atoms with Gasteiger partial charge in [-0.1, -0.05) is 40.2 Å². The largest absolute Gasteiger partial charge is 0.497 e. The first-order valence-electron chi connectivity index (χ1n) is 6.02. The maximum atomic E-state index is 13.0. The molecule has 2 aromatic carbocycles. The SMILES string of the molecule is COc1ccc(C(O)c2ccccc2C(F)(F)F)c(Br)c1. The number of alkyl halides is 3. The zero-order valence-corrected chi connectivity index (χ0v) is 12.6. The van der Waals surface area contributed by atoms with Gasteiger partial charge in [0.1, 0.15) is 11.9 Å². The molecule has 0 fully saturated rings. The Morgan fingerprint density at radius 1 is 1.10 bits per heavy atom. The monoisotopic (exact) mass is 360 g/mol. The number of aliphatic hydroxyl groups excluding tert-OH is 1. The molecule has 0 aliphatic heterocycles. The van der Waals surface area contributed by atoms with Gasteiger partial charge in [0.25, 0.3) is 0 Å². The van der Waals surface area contributed by atoms with Crippen LogP contribution in [0, 0.1) is 0 Å². The van der Waals surface area contributed by atoms with Gasteiger partial charge in [-0.3, -0.25) is 0 Å². The molecule has 6 heteroatoms. The molecule has 0 spiro atoms. The van der Waals surface area contributed by atoms with Gasteiger partial charge in [0.15, 0.2) is 0 Å². The predicted molar refractivity (Wildman–Crippen MR) is 76.2 cm³/mol. The molecule has 0 aliphatic carbocycles. The van der Waals surface area contributed by atoms with E-state index in [0.29, 0.717) is 15.8 Å². The fraction of sp³-hybridized carbons (Fsp3) is 0.200. The summed E-state index contributed by atoms with van der Waals surface area (Å²) in [4.78, 5) is 0. The van der Waals surface area contributed by atoms with E-state index in [9.17, 15) is 18.3 Å². The fourth-order valence-electron chi connectivity index (χ4n) is 2.02. The highest BCUT2D eigenvalue weighted by molar-refractivity contribution is 9.10. The van der Waals surface area contributed by atoms with Crippen molar-refractivity contribution in [3.05, 3.63) is 63.6 Å². The van der Waals surface area contributed by atoms with Crippen LogP contribution in [0.15, 0.2) is 46.9 Å². The second-order valence-corrected chi connectivity index (χ2v) is 5.23. The average molecular weight is 361 g/mol. The normalized spacial score (nSPS) is 13.0. The summed E-state index contributed by atoms with van der Waals surface area (Å²) in [6.07, 6.45) is -5.90. The number of ether oxygens (including phenoxy) is 1. The van der Waals surface area contributed by atoms with Crippen LogP contribution in [0.5, 0.6) is 5.75 Å². The molecule has 0 aromatic heterocycles. The molecule has 0 amide bonds. The number of rotatable bonds is 3. The minimum Gasteiger partial charge on any atom is -0.497 e. The van der Waals surface area contributed by atoms with Crippen LogP contribution >= 0.6 is 15.9 Å². The highest BCUT2D eigenvalue weighted by Gasteiger charge is 2.35. The molecule has 0 aliphatic rings. The summed E-state index contributed by atoms with van der Waals surface area (Å²) in [5.74, 6) is 0.543. The van der Waals surface area contributed by atoms with Crippen LogP contribution in [-0.2, 0) is 6.18 Å². The maximum absolute atomic E-state index is 13.0. The summed E-state index contributed by atoms with van der Waals surface area (Å²) < 4.78 is 44.5. The van der Waals surface area contributed by atoms with Crippen molar-refractivity contribution >= 4 is 15.9 Å². The average Bonchev–Trinajstić information content (AvgIpc) is 2.45. The standard InChI is InChI=1S/C15H12BrF3O2/c1-21-9-6-7-11(13(16)8-9)14(20)10-4-2-3-5-12(10)15(17,18)19/h2-8,14,20H,1H3. The molecule has 0 radical (unpaired) electrons. The van der Waals surface area contributed by atoms with E-state index in [1.807, 2.05) is 0 Å². The Bertz CT molecular complexity index is 641. The highest BCUT2D eigenvalue weighted by atomic mass is 79.9. The van der Waals surface area contributed by atoms with Gasteiger partial charge in [0.05, 0.1) is 12.7 Å². The summed E-state index contributed by atoms with van der Waals surface area (Å²) in [6.45, 7) is 0. The first kappa shape index (κ1) is 15.9. The summed E-state index contributed by atoms with van der Waals surface area (Å²) >= 11 is 3.24. The molecule has 1 N–H and O–H groups in total. The van der Waals surface area contributed by atoms with Crippen LogP contribution in [0.4, 0.5) is 13.2 Å². The number of methoxy groups -OCH3 is 1. The molecule has 0 saturated carbocycles. The molecule has 2 rings (SSSR count). The van der Waals surface area contributed by atoms with E-state index in [4.69, 9.17) is 4.74 Å². The van der Waals surface area contributed by atoms with Gasteiger partial charge >= 0.3 is 6.18 Å². The number of aliphatic hydroxyl groups is 1. The first-order chi connectivity index (χ1) is 9.84. The molecule has 0 heterocycles.